The Hall–Kier alpha value is -2.30. The third-order valence-electron chi connectivity index (χ3n) is 2.34. The summed E-state index contributed by atoms with van der Waals surface area (Å²) in [5, 5.41) is 2.68. The second-order valence-electron chi connectivity index (χ2n) is 5.17. The van der Waals surface area contributed by atoms with Crippen LogP contribution in [0.25, 0.3) is 11.3 Å². The highest BCUT2D eigenvalue weighted by atomic mass is 16.6. The first-order valence-corrected chi connectivity index (χ1v) is 6.03. The third kappa shape index (κ3) is 3.84. The molecule has 1 amide bonds. The molecule has 2 rings (SSSR count). The molecular formula is C14H17N3O2. The highest BCUT2D eigenvalue weighted by molar-refractivity contribution is 5.85. The zero-order valence-electron chi connectivity index (χ0n) is 11.2. The van der Waals surface area contributed by atoms with Crippen molar-refractivity contribution in [3.05, 3.63) is 36.8 Å². The van der Waals surface area contributed by atoms with Gasteiger partial charge in [-0.05, 0) is 38.5 Å². The van der Waals surface area contributed by atoms with Crippen LogP contribution < -0.4 is 5.32 Å². The summed E-state index contributed by atoms with van der Waals surface area (Å²) in [5.74, 6) is 0. The van der Waals surface area contributed by atoms with E-state index in [2.05, 4.69) is 15.3 Å². The Morgan fingerprint density at radius 2 is 1.95 bits per heavy atom. The number of imidazole rings is 1. The van der Waals surface area contributed by atoms with Crippen LogP contribution in [0.1, 0.15) is 20.8 Å². The van der Waals surface area contributed by atoms with Crippen molar-refractivity contribution in [1.29, 1.82) is 0 Å². The van der Waals surface area contributed by atoms with Gasteiger partial charge in [0.1, 0.15) is 5.60 Å². The largest absolute Gasteiger partial charge is 0.444 e. The topological polar surface area (TPSA) is 67.0 Å². The van der Waals surface area contributed by atoms with Crippen molar-refractivity contribution in [3.8, 4) is 11.3 Å². The molecule has 0 aliphatic carbocycles. The van der Waals surface area contributed by atoms with Crippen molar-refractivity contribution in [1.82, 2.24) is 9.97 Å². The van der Waals surface area contributed by atoms with Crippen LogP contribution >= 0.6 is 0 Å². The molecule has 0 unspecified atom stereocenters. The first kappa shape index (κ1) is 13.1. The second-order valence-corrected chi connectivity index (χ2v) is 5.17. The number of hydrogen-bond acceptors (Lipinski definition) is 3. The third-order valence-corrected chi connectivity index (χ3v) is 2.34. The Labute approximate surface area is 112 Å². The van der Waals surface area contributed by atoms with Crippen LogP contribution in [0.15, 0.2) is 36.8 Å². The molecule has 0 fully saturated rings. The predicted molar refractivity (Wildman–Crippen MR) is 73.9 cm³/mol. The summed E-state index contributed by atoms with van der Waals surface area (Å²) < 4.78 is 5.18. The van der Waals surface area contributed by atoms with Gasteiger partial charge in [-0.15, -0.1) is 0 Å². The first-order valence-electron chi connectivity index (χ1n) is 6.03. The van der Waals surface area contributed by atoms with E-state index in [-0.39, 0.29) is 0 Å². The lowest BCUT2D eigenvalue weighted by molar-refractivity contribution is 0.0636. The summed E-state index contributed by atoms with van der Waals surface area (Å²) in [6, 6.07) is 7.45. The van der Waals surface area contributed by atoms with E-state index in [4.69, 9.17) is 4.74 Å². The number of nitrogens with zero attached hydrogens (tertiary/aromatic N) is 1. The van der Waals surface area contributed by atoms with Crippen LogP contribution in [0.3, 0.4) is 0 Å². The van der Waals surface area contributed by atoms with Gasteiger partial charge >= 0.3 is 6.09 Å². The molecule has 0 atom stereocenters. The average molecular weight is 259 g/mol. The second kappa shape index (κ2) is 5.14. The van der Waals surface area contributed by atoms with Gasteiger partial charge in [-0.1, -0.05) is 12.1 Å². The van der Waals surface area contributed by atoms with E-state index >= 15 is 0 Å². The maximum atomic E-state index is 11.6. The molecule has 19 heavy (non-hydrogen) atoms. The number of hydrogen-bond donors (Lipinski definition) is 2. The lowest BCUT2D eigenvalue weighted by Crippen LogP contribution is -2.27. The van der Waals surface area contributed by atoms with Gasteiger partial charge in [0.25, 0.3) is 0 Å². The molecule has 0 bridgehead atoms. The summed E-state index contributed by atoms with van der Waals surface area (Å²) in [5.41, 5.74) is 2.13. The smallest absolute Gasteiger partial charge is 0.412 e. The highest BCUT2D eigenvalue weighted by Crippen LogP contribution is 2.19. The van der Waals surface area contributed by atoms with Crippen LogP contribution in [0.4, 0.5) is 10.5 Å². The molecule has 1 aromatic carbocycles. The van der Waals surface area contributed by atoms with Gasteiger partial charge in [-0.3, -0.25) is 5.32 Å². The highest BCUT2D eigenvalue weighted by Gasteiger charge is 2.16. The van der Waals surface area contributed by atoms with Gasteiger partial charge in [-0.2, -0.15) is 0 Å². The number of ether oxygens (including phenoxy) is 1. The van der Waals surface area contributed by atoms with Crippen LogP contribution in [0.2, 0.25) is 0 Å². The quantitative estimate of drug-likeness (QED) is 0.868. The van der Waals surface area contributed by atoms with Crippen LogP contribution in [-0.4, -0.2) is 21.7 Å². The van der Waals surface area contributed by atoms with Crippen molar-refractivity contribution in [2.45, 2.75) is 26.4 Å². The average Bonchev–Trinajstić information content (AvgIpc) is 2.80. The molecule has 1 heterocycles. The van der Waals surface area contributed by atoms with Crippen molar-refractivity contribution in [2.24, 2.45) is 0 Å². The number of aromatic nitrogens is 2. The van der Waals surface area contributed by atoms with Gasteiger partial charge in [0.2, 0.25) is 0 Å². The van der Waals surface area contributed by atoms with Crippen LogP contribution in [-0.2, 0) is 4.74 Å². The maximum Gasteiger partial charge on any atom is 0.412 e. The van der Waals surface area contributed by atoms with Gasteiger partial charge in [0.05, 0.1) is 18.2 Å². The summed E-state index contributed by atoms with van der Waals surface area (Å²) in [7, 11) is 0. The molecule has 2 N–H and O–H groups in total. The number of carbonyl (C=O) groups excluding carboxylic acids is 1. The monoisotopic (exact) mass is 259 g/mol. The summed E-state index contributed by atoms with van der Waals surface area (Å²) >= 11 is 0. The van der Waals surface area contributed by atoms with Crippen molar-refractivity contribution >= 4 is 11.8 Å². The molecule has 2 aromatic rings. The number of anilines is 1. The summed E-state index contributed by atoms with van der Waals surface area (Å²) in [6.07, 6.45) is 2.92. The fourth-order valence-corrected chi connectivity index (χ4v) is 1.57. The molecule has 1 aromatic heterocycles. The zero-order chi connectivity index (χ0) is 13.9. The van der Waals surface area contributed by atoms with Crippen molar-refractivity contribution < 1.29 is 9.53 Å². The molecular weight excluding hydrogens is 242 g/mol. The van der Waals surface area contributed by atoms with E-state index in [0.29, 0.717) is 5.69 Å². The summed E-state index contributed by atoms with van der Waals surface area (Å²) in [4.78, 5) is 18.6. The van der Waals surface area contributed by atoms with Crippen LogP contribution in [0, 0.1) is 0 Å². The molecule has 0 aliphatic rings. The number of carbonyl (C=O) groups is 1. The Balaban J connectivity index is 2.01. The molecule has 0 spiro atoms. The molecule has 0 aliphatic heterocycles. The molecule has 5 nitrogen and oxygen atoms in total. The Morgan fingerprint density at radius 3 is 2.47 bits per heavy atom. The number of H-pyrrole nitrogens is 1. The van der Waals surface area contributed by atoms with Gasteiger partial charge in [-0.25, -0.2) is 9.78 Å². The molecule has 100 valence electrons. The number of amides is 1. The van der Waals surface area contributed by atoms with E-state index in [0.717, 1.165) is 11.3 Å². The minimum atomic E-state index is -0.500. The van der Waals surface area contributed by atoms with Crippen molar-refractivity contribution in [2.75, 3.05) is 5.32 Å². The summed E-state index contributed by atoms with van der Waals surface area (Å²) in [6.45, 7) is 5.48. The van der Waals surface area contributed by atoms with Crippen LogP contribution in [0.5, 0.6) is 0 Å². The zero-order valence-corrected chi connectivity index (χ0v) is 11.2. The molecule has 5 heteroatoms. The molecule has 0 radical (unpaired) electrons. The minimum Gasteiger partial charge on any atom is -0.444 e. The maximum absolute atomic E-state index is 11.6. The number of aromatic amines is 1. The lowest BCUT2D eigenvalue weighted by Gasteiger charge is -2.19. The van der Waals surface area contributed by atoms with Gasteiger partial charge in [0.15, 0.2) is 0 Å². The van der Waals surface area contributed by atoms with Gasteiger partial charge in [0, 0.05) is 5.69 Å². The van der Waals surface area contributed by atoms with Gasteiger partial charge < -0.3 is 9.72 Å². The Bertz CT molecular complexity index is 539. The predicted octanol–water partition coefficient (Wildman–Crippen LogP) is 3.42. The van der Waals surface area contributed by atoms with E-state index in [9.17, 15) is 4.79 Å². The number of rotatable bonds is 2. The molecule has 0 saturated heterocycles. The Kier molecular flexibility index (Phi) is 3.55. The standard InChI is InChI=1S/C14H17N3O2/c1-14(2,3)19-13(18)17-11-6-4-10(5-7-11)12-8-15-9-16-12/h4-9H,1-3H3,(H,15,16)(H,17,18). The molecule has 0 saturated carbocycles. The van der Waals surface area contributed by atoms with E-state index in [1.807, 2.05) is 45.0 Å². The SMILES string of the molecule is CC(C)(C)OC(=O)Nc1ccc(-c2cnc[nH]2)cc1. The van der Waals surface area contributed by atoms with E-state index in [1.54, 1.807) is 12.5 Å². The lowest BCUT2D eigenvalue weighted by atomic mass is 10.1. The van der Waals surface area contributed by atoms with E-state index in [1.165, 1.54) is 0 Å². The fourth-order valence-electron chi connectivity index (χ4n) is 1.57. The number of nitrogens with one attached hydrogen (secondary N) is 2. The van der Waals surface area contributed by atoms with E-state index < -0.39 is 11.7 Å². The van der Waals surface area contributed by atoms with Crippen molar-refractivity contribution in [3.63, 3.8) is 0 Å². The fraction of sp³-hybridized carbons (Fsp3) is 0.286. The number of benzene rings is 1. The minimum absolute atomic E-state index is 0.457. The first-order chi connectivity index (χ1) is 8.94. The Morgan fingerprint density at radius 1 is 1.26 bits per heavy atom. The normalized spacial score (nSPS) is 11.1.